The molecular formula is C22H25NO5S. The van der Waals surface area contributed by atoms with Crippen molar-refractivity contribution in [2.45, 2.75) is 27.2 Å². The number of ether oxygens (including phenoxy) is 2. The Morgan fingerprint density at radius 1 is 1.10 bits per heavy atom. The quantitative estimate of drug-likeness (QED) is 0.611. The second-order valence-electron chi connectivity index (χ2n) is 7.09. The highest BCUT2D eigenvalue weighted by molar-refractivity contribution is 7.92. The lowest BCUT2D eigenvalue weighted by Gasteiger charge is -2.24. The maximum atomic E-state index is 12.5. The van der Waals surface area contributed by atoms with Crippen molar-refractivity contribution in [3.05, 3.63) is 58.7 Å². The molecule has 0 amide bonds. The van der Waals surface area contributed by atoms with Crippen LogP contribution in [0.3, 0.4) is 0 Å². The number of esters is 1. The molecule has 0 unspecified atom stereocenters. The maximum absolute atomic E-state index is 12.5. The number of hydrogen-bond donors (Lipinski definition) is 1. The van der Waals surface area contributed by atoms with Crippen molar-refractivity contribution < 1.29 is 22.7 Å². The molecule has 0 aromatic heterocycles. The first-order valence-corrected chi connectivity index (χ1v) is 11.0. The molecule has 0 radical (unpaired) electrons. The van der Waals surface area contributed by atoms with Crippen molar-refractivity contribution in [2.75, 3.05) is 24.2 Å². The molecule has 3 rings (SSSR count). The van der Waals surface area contributed by atoms with Gasteiger partial charge in [0.05, 0.1) is 25.0 Å². The SMILES string of the molecule is COC(=O)Cc1c(C)c2c(c(C)c1-c1ccc(C)cc1)OC/C=C\CS(=O)(=O)N2. The van der Waals surface area contributed by atoms with E-state index in [1.165, 1.54) is 7.11 Å². The van der Waals surface area contributed by atoms with Crippen LogP contribution in [0.4, 0.5) is 5.69 Å². The van der Waals surface area contributed by atoms with E-state index < -0.39 is 16.0 Å². The lowest BCUT2D eigenvalue weighted by atomic mass is 9.88. The highest BCUT2D eigenvalue weighted by atomic mass is 32.2. The van der Waals surface area contributed by atoms with E-state index in [9.17, 15) is 13.2 Å². The number of aryl methyl sites for hydroxylation is 1. The van der Waals surface area contributed by atoms with Crippen LogP contribution in [0.1, 0.15) is 22.3 Å². The molecule has 0 saturated heterocycles. The summed E-state index contributed by atoms with van der Waals surface area (Å²) in [5.41, 5.74) is 5.42. The van der Waals surface area contributed by atoms with Crippen LogP contribution in [0.15, 0.2) is 36.4 Å². The Morgan fingerprint density at radius 2 is 1.79 bits per heavy atom. The summed E-state index contributed by atoms with van der Waals surface area (Å²) in [6.45, 7) is 5.94. The smallest absolute Gasteiger partial charge is 0.310 e. The van der Waals surface area contributed by atoms with Crippen molar-refractivity contribution in [3.63, 3.8) is 0 Å². The average molecular weight is 416 g/mol. The molecule has 1 aliphatic rings. The van der Waals surface area contributed by atoms with Crippen LogP contribution in [-0.4, -0.2) is 33.9 Å². The van der Waals surface area contributed by atoms with Gasteiger partial charge in [0.25, 0.3) is 0 Å². The zero-order valence-electron chi connectivity index (χ0n) is 17.0. The van der Waals surface area contributed by atoms with E-state index in [1.807, 2.05) is 38.1 Å². The predicted molar refractivity (Wildman–Crippen MR) is 114 cm³/mol. The Morgan fingerprint density at radius 3 is 2.45 bits per heavy atom. The van der Waals surface area contributed by atoms with E-state index in [-0.39, 0.29) is 18.8 Å². The highest BCUT2D eigenvalue weighted by Gasteiger charge is 2.26. The summed E-state index contributed by atoms with van der Waals surface area (Å²) in [4.78, 5) is 12.2. The number of carbonyl (C=O) groups excluding carboxylic acids is 1. The highest BCUT2D eigenvalue weighted by Crippen LogP contribution is 2.43. The van der Waals surface area contributed by atoms with Crippen molar-refractivity contribution in [2.24, 2.45) is 0 Å². The Hall–Kier alpha value is -2.80. The zero-order chi connectivity index (χ0) is 21.2. The molecule has 1 aliphatic heterocycles. The molecule has 0 atom stereocenters. The summed E-state index contributed by atoms with van der Waals surface area (Å²) < 4.78 is 38.4. The maximum Gasteiger partial charge on any atom is 0.310 e. The molecule has 0 aliphatic carbocycles. The Labute approximate surface area is 171 Å². The van der Waals surface area contributed by atoms with Crippen molar-refractivity contribution >= 4 is 21.7 Å². The molecule has 2 aromatic carbocycles. The summed E-state index contributed by atoms with van der Waals surface area (Å²) >= 11 is 0. The van der Waals surface area contributed by atoms with Gasteiger partial charge >= 0.3 is 5.97 Å². The Bertz CT molecular complexity index is 1070. The second kappa shape index (κ2) is 8.29. The minimum atomic E-state index is -3.59. The second-order valence-corrected chi connectivity index (χ2v) is 8.86. The molecule has 2 aromatic rings. The summed E-state index contributed by atoms with van der Waals surface area (Å²) in [6, 6.07) is 7.98. The Kier molecular flexibility index (Phi) is 5.98. The van der Waals surface area contributed by atoms with Crippen LogP contribution in [0.2, 0.25) is 0 Å². The van der Waals surface area contributed by atoms with Crippen LogP contribution in [0.25, 0.3) is 11.1 Å². The first kappa shape index (κ1) is 20.9. The lowest BCUT2D eigenvalue weighted by molar-refractivity contribution is -0.139. The summed E-state index contributed by atoms with van der Waals surface area (Å²) in [6.07, 6.45) is 3.28. The van der Waals surface area contributed by atoms with E-state index in [2.05, 4.69) is 4.72 Å². The number of sulfonamides is 1. The topological polar surface area (TPSA) is 81.7 Å². The Balaban J connectivity index is 2.32. The normalized spacial score (nSPS) is 16.3. The molecule has 1 heterocycles. The number of anilines is 1. The molecule has 29 heavy (non-hydrogen) atoms. The number of nitrogens with one attached hydrogen (secondary N) is 1. The van der Waals surface area contributed by atoms with Gasteiger partial charge in [-0.15, -0.1) is 0 Å². The molecule has 0 saturated carbocycles. The van der Waals surface area contributed by atoms with E-state index in [1.54, 1.807) is 19.1 Å². The van der Waals surface area contributed by atoms with Gasteiger partial charge in [-0.25, -0.2) is 8.42 Å². The molecule has 1 N–H and O–H groups in total. The van der Waals surface area contributed by atoms with Crippen molar-refractivity contribution in [1.82, 2.24) is 0 Å². The van der Waals surface area contributed by atoms with Crippen LogP contribution < -0.4 is 9.46 Å². The molecule has 0 fully saturated rings. The van der Waals surface area contributed by atoms with Crippen molar-refractivity contribution in [3.8, 4) is 16.9 Å². The van der Waals surface area contributed by atoms with Gasteiger partial charge in [0.15, 0.2) is 0 Å². The van der Waals surface area contributed by atoms with Crippen LogP contribution in [-0.2, 0) is 26.0 Å². The van der Waals surface area contributed by atoms with E-state index in [0.717, 1.165) is 27.8 Å². The molecule has 154 valence electrons. The molecule has 6 nitrogen and oxygen atoms in total. The largest absolute Gasteiger partial charge is 0.487 e. The predicted octanol–water partition coefficient (Wildman–Crippen LogP) is 3.68. The molecule has 0 spiro atoms. The molecule has 0 bridgehead atoms. The summed E-state index contributed by atoms with van der Waals surface area (Å²) in [5, 5.41) is 0. The van der Waals surface area contributed by atoms with Gasteiger partial charge in [-0.1, -0.05) is 42.0 Å². The average Bonchev–Trinajstić information content (AvgIpc) is 2.75. The number of hydrogen-bond acceptors (Lipinski definition) is 5. The minimum absolute atomic E-state index is 0.0274. The van der Waals surface area contributed by atoms with Crippen LogP contribution >= 0.6 is 0 Å². The first-order valence-electron chi connectivity index (χ1n) is 9.31. The number of fused-ring (bicyclic) bond motifs is 1. The number of rotatable bonds is 3. The summed E-state index contributed by atoms with van der Waals surface area (Å²) in [7, 11) is -2.25. The standard InChI is InChI=1S/C22H25NO5S/c1-14-7-9-17(10-8-14)20-16(3)22-21(15(2)18(20)13-19(24)27-4)23-29(25,26)12-6-5-11-28-22/h5-10,23H,11-13H2,1-4H3/b6-5-. The monoisotopic (exact) mass is 415 g/mol. The lowest BCUT2D eigenvalue weighted by Crippen LogP contribution is -2.18. The third kappa shape index (κ3) is 4.45. The summed E-state index contributed by atoms with van der Waals surface area (Å²) in [5.74, 6) is -0.0588. The van der Waals surface area contributed by atoms with Gasteiger partial charge in [-0.3, -0.25) is 9.52 Å². The zero-order valence-corrected chi connectivity index (χ0v) is 17.9. The van der Waals surface area contributed by atoms with Crippen LogP contribution in [0, 0.1) is 20.8 Å². The number of benzene rings is 2. The van der Waals surface area contributed by atoms with Gasteiger partial charge in [0.2, 0.25) is 10.0 Å². The van der Waals surface area contributed by atoms with Gasteiger partial charge in [-0.05, 0) is 43.0 Å². The third-order valence-corrected chi connectivity index (χ3v) is 6.17. The first-order chi connectivity index (χ1) is 13.7. The fraction of sp³-hybridized carbons (Fsp3) is 0.318. The minimum Gasteiger partial charge on any atom is -0.487 e. The van der Waals surface area contributed by atoms with Gasteiger partial charge in [0, 0.05) is 5.56 Å². The van der Waals surface area contributed by atoms with Gasteiger partial charge < -0.3 is 9.47 Å². The fourth-order valence-corrected chi connectivity index (χ4v) is 4.51. The van der Waals surface area contributed by atoms with E-state index in [0.29, 0.717) is 17.0 Å². The van der Waals surface area contributed by atoms with Gasteiger partial charge in [0.1, 0.15) is 12.4 Å². The van der Waals surface area contributed by atoms with Gasteiger partial charge in [-0.2, -0.15) is 0 Å². The molecular weight excluding hydrogens is 390 g/mol. The van der Waals surface area contributed by atoms with E-state index in [4.69, 9.17) is 9.47 Å². The number of carbonyl (C=O) groups is 1. The number of methoxy groups -OCH3 is 1. The third-order valence-electron chi connectivity index (χ3n) is 5.02. The van der Waals surface area contributed by atoms with Crippen LogP contribution in [0.5, 0.6) is 5.75 Å². The van der Waals surface area contributed by atoms with E-state index >= 15 is 0 Å². The fourth-order valence-electron chi connectivity index (χ4n) is 3.48. The molecule has 7 heteroatoms. The van der Waals surface area contributed by atoms with Crippen molar-refractivity contribution in [1.29, 1.82) is 0 Å².